The molecule has 1 aliphatic heterocycles. The summed E-state index contributed by atoms with van der Waals surface area (Å²) in [7, 11) is 0. The van der Waals surface area contributed by atoms with Crippen LogP contribution in [0.5, 0.6) is 0 Å². The van der Waals surface area contributed by atoms with Crippen LogP contribution < -0.4 is 0 Å². The molecule has 1 aliphatic carbocycles. The lowest BCUT2D eigenvalue weighted by atomic mass is 9.99. The molecule has 0 radical (unpaired) electrons. The largest absolute Gasteiger partial charge is 0.354 e. The first-order chi connectivity index (χ1) is 8.93. The first-order valence-corrected chi connectivity index (χ1v) is 6.97. The van der Waals surface area contributed by atoms with Gasteiger partial charge in [0.1, 0.15) is 0 Å². The van der Waals surface area contributed by atoms with Gasteiger partial charge >= 0.3 is 0 Å². The molecule has 0 aromatic heterocycles. The van der Waals surface area contributed by atoms with Gasteiger partial charge in [0.2, 0.25) is 0 Å². The molecule has 0 spiro atoms. The lowest BCUT2D eigenvalue weighted by molar-refractivity contribution is 0.338. The van der Waals surface area contributed by atoms with Crippen LogP contribution in [0.1, 0.15) is 31.2 Å². The van der Waals surface area contributed by atoms with E-state index in [4.69, 9.17) is 0 Å². The Kier molecular flexibility index (Phi) is 3.44. The molecule has 0 saturated heterocycles. The number of aliphatic imine (C=N–C) groups is 1. The molecule has 0 fully saturated rings. The van der Waals surface area contributed by atoms with Crippen LogP contribution >= 0.6 is 0 Å². The van der Waals surface area contributed by atoms with E-state index >= 15 is 0 Å². The zero-order chi connectivity index (χ0) is 12.2. The van der Waals surface area contributed by atoms with Crippen LogP contribution in [0.15, 0.2) is 47.1 Å². The van der Waals surface area contributed by atoms with Crippen molar-refractivity contribution < 1.29 is 0 Å². The number of hydrogen-bond acceptors (Lipinski definition) is 2. The molecule has 2 heteroatoms. The molecule has 0 amide bonds. The van der Waals surface area contributed by atoms with E-state index in [1.807, 2.05) is 6.34 Å². The average Bonchev–Trinajstić information content (AvgIpc) is 2.84. The van der Waals surface area contributed by atoms with Crippen LogP contribution in [0.4, 0.5) is 0 Å². The maximum atomic E-state index is 4.53. The third-order valence-electron chi connectivity index (χ3n) is 3.86. The molecule has 18 heavy (non-hydrogen) atoms. The van der Waals surface area contributed by atoms with Gasteiger partial charge in [-0.25, -0.2) is 4.99 Å². The summed E-state index contributed by atoms with van der Waals surface area (Å²) in [6, 6.07) is 11.3. The number of aryl methyl sites for hydroxylation is 1. The van der Waals surface area contributed by atoms with E-state index in [0.29, 0.717) is 6.04 Å². The first kappa shape index (κ1) is 11.5. The normalized spacial score (nSPS) is 21.9. The standard InChI is InChI=1S/C16H20N2/c1-2-7-14(8-3-1)9-6-12-18-13-17-15-10-4-5-11-16(15)18/h1-3,7-8,10,13,16H,4-6,9,11-12H2. The second-order valence-corrected chi connectivity index (χ2v) is 5.15. The van der Waals surface area contributed by atoms with Gasteiger partial charge in [-0.1, -0.05) is 36.4 Å². The van der Waals surface area contributed by atoms with E-state index in [0.717, 1.165) is 13.0 Å². The summed E-state index contributed by atoms with van der Waals surface area (Å²) in [5, 5.41) is 0. The van der Waals surface area contributed by atoms with Crippen LogP contribution in [-0.4, -0.2) is 23.8 Å². The van der Waals surface area contributed by atoms with Crippen LogP contribution in [0.25, 0.3) is 0 Å². The number of nitrogens with zero attached hydrogens (tertiary/aromatic N) is 2. The van der Waals surface area contributed by atoms with Crippen molar-refractivity contribution in [2.24, 2.45) is 4.99 Å². The maximum absolute atomic E-state index is 4.53. The molecular formula is C16H20N2. The highest BCUT2D eigenvalue weighted by molar-refractivity contribution is 5.62. The molecule has 2 nitrogen and oxygen atoms in total. The van der Waals surface area contributed by atoms with Crippen LogP contribution in [0.3, 0.4) is 0 Å². The number of allylic oxidation sites excluding steroid dienone is 1. The highest BCUT2D eigenvalue weighted by Crippen LogP contribution is 2.27. The van der Waals surface area contributed by atoms with Crippen LogP contribution in [0.2, 0.25) is 0 Å². The van der Waals surface area contributed by atoms with Gasteiger partial charge in [-0.15, -0.1) is 0 Å². The second-order valence-electron chi connectivity index (χ2n) is 5.15. The quantitative estimate of drug-likeness (QED) is 0.787. The molecule has 1 unspecified atom stereocenters. The van der Waals surface area contributed by atoms with Gasteiger partial charge in [-0.3, -0.25) is 0 Å². The summed E-state index contributed by atoms with van der Waals surface area (Å²) in [5.74, 6) is 0. The summed E-state index contributed by atoms with van der Waals surface area (Å²) < 4.78 is 0. The Balaban J connectivity index is 1.51. The first-order valence-electron chi connectivity index (χ1n) is 6.97. The lowest BCUT2D eigenvalue weighted by Crippen LogP contribution is -2.32. The number of rotatable bonds is 4. The SMILES string of the molecule is C1=NC2=CCCCC2N1CCCc1ccccc1. The predicted molar refractivity (Wildman–Crippen MR) is 75.7 cm³/mol. The van der Waals surface area contributed by atoms with E-state index in [2.05, 4.69) is 46.3 Å². The number of benzene rings is 1. The van der Waals surface area contributed by atoms with Gasteiger partial charge in [0.25, 0.3) is 0 Å². The highest BCUT2D eigenvalue weighted by atomic mass is 15.2. The van der Waals surface area contributed by atoms with Crippen molar-refractivity contribution >= 4 is 6.34 Å². The molecule has 0 bridgehead atoms. The summed E-state index contributed by atoms with van der Waals surface area (Å²) in [6.07, 6.45) is 10.5. The maximum Gasteiger partial charge on any atom is 0.0914 e. The Labute approximate surface area is 109 Å². The van der Waals surface area contributed by atoms with Gasteiger partial charge in [-0.2, -0.15) is 0 Å². The van der Waals surface area contributed by atoms with Crippen LogP contribution in [-0.2, 0) is 6.42 Å². The van der Waals surface area contributed by atoms with E-state index < -0.39 is 0 Å². The molecule has 0 N–H and O–H groups in total. The third-order valence-corrected chi connectivity index (χ3v) is 3.86. The van der Waals surface area contributed by atoms with Crippen molar-refractivity contribution in [1.82, 2.24) is 4.90 Å². The molecule has 2 aliphatic rings. The fourth-order valence-corrected chi connectivity index (χ4v) is 2.86. The molecule has 1 heterocycles. The number of fused-ring (bicyclic) bond motifs is 1. The van der Waals surface area contributed by atoms with Crippen molar-refractivity contribution in [3.05, 3.63) is 47.7 Å². The molecule has 3 rings (SSSR count). The Bertz CT molecular complexity index is 447. The summed E-state index contributed by atoms with van der Waals surface area (Å²) in [5.41, 5.74) is 2.74. The van der Waals surface area contributed by atoms with Crippen molar-refractivity contribution in [2.75, 3.05) is 6.54 Å². The van der Waals surface area contributed by atoms with Crippen LogP contribution in [0, 0.1) is 0 Å². The fraction of sp³-hybridized carbons (Fsp3) is 0.438. The minimum Gasteiger partial charge on any atom is -0.354 e. The fourth-order valence-electron chi connectivity index (χ4n) is 2.86. The van der Waals surface area contributed by atoms with Crippen molar-refractivity contribution in [2.45, 2.75) is 38.1 Å². The Morgan fingerprint density at radius 1 is 1.22 bits per heavy atom. The predicted octanol–water partition coefficient (Wildman–Crippen LogP) is 3.40. The van der Waals surface area contributed by atoms with Gasteiger partial charge < -0.3 is 4.90 Å². The zero-order valence-corrected chi connectivity index (χ0v) is 10.8. The Hall–Kier alpha value is -1.57. The monoisotopic (exact) mass is 240 g/mol. The molecule has 0 saturated carbocycles. The van der Waals surface area contributed by atoms with Gasteiger partial charge in [-0.05, 0) is 37.7 Å². The van der Waals surface area contributed by atoms with E-state index in [9.17, 15) is 0 Å². The smallest absolute Gasteiger partial charge is 0.0914 e. The van der Waals surface area contributed by atoms with Gasteiger partial charge in [0.15, 0.2) is 0 Å². The van der Waals surface area contributed by atoms with E-state index in [-0.39, 0.29) is 0 Å². The topological polar surface area (TPSA) is 15.6 Å². The Morgan fingerprint density at radius 2 is 2.11 bits per heavy atom. The lowest BCUT2D eigenvalue weighted by Gasteiger charge is -2.26. The average molecular weight is 240 g/mol. The summed E-state index contributed by atoms with van der Waals surface area (Å²) in [4.78, 5) is 6.95. The third kappa shape index (κ3) is 2.47. The van der Waals surface area contributed by atoms with Crippen molar-refractivity contribution in [1.29, 1.82) is 0 Å². The molecular weight excluding hydrogens is 220 g/mol. The van der Waals surface area contributed by atoms with E-state index in [1.165, 1.54) is 36.9 Å². The molecule has 1 aromatic rings. The second kappa shape index (κ2) is 5.38. The summed E-state index contributed by atoms with van der Waals surface area (Å²) >= 11 is 0. The molecule has 1 aromatic carbocycles. The summed E-state index contributed by atoms with van der Waals surface area (Å²) in [6.45, 7) is 1.13. The van der Waals surface area contributed by atoms with Crippen molar-refractivity contribution in [3.63, 3.8) is 0 Å². The number of hydrogen-bond donors (Lipinski definition) is 0. The highest BCUT2D eigenvalue weighted by Gasteiger charge is 2.26. The molecule has 1 atom stereocenters. The minimum atomic E-state index is 0.578. The van der Waals surface area contributed by atoms with E-state index in [1.54, 1.807) is 0 Å². The Morgan fingerprint density at radius 3 is 3.00 bits per heavy atom. The van der Waals surface area contributed by atoms with Gasteiger partial charge in [0.05, 0.1) is 18.1 Å². The zero-order valence-electron chi connectivity index (χ0n) is 10.8. The minimum absolute atomic E-state index is 0.578. The van der Waals surface area contributed by atoms with Gasteiger partial charge in [0, 0.05) is 6.54 Å². The molecule has 94 valence electrons. The van der Waals surface area contributed by atoms with Crippen molar-refractivity contribution in [3.8, 4) is 0 Å².